The van der Waals surface area contributed by atoms with E-state index in [0.29, 0.717) is 43.3 Å². The van der Waals surface area contributed by atoms with Gasteiger partial charge in [-0.1, -0.05) is 19.1 Å². The highest BCUT2D eigenvalue weighted by molar-refractivity contribution is 6.04. The van der Waals surface area contributed by atoms with Crippen molar-refractivity contribution < 1.29 is 27.5 Å². The Morgan fingerprint density at radius 1 is 1.00 bits per heavy atom. The zero-order valence-electron chi connectivity index (χ0n) is 25.6. The van der Waals surface area contributed by atoms with E-state index in [2.05, 4.69) is 25.5 Å². The Kier molecular flexibility index (Phi) is 9.74. The van der Waals surface area contributed by atoms with Crippen molar-refractivity contribution in [2.45, 2.75) is 39.5 Å². The van der Waals surface area contributed by atoms with Crippen LogP contribution in [0.4, 0.5) is 24.5 Å². The van der Waals surface area contributed by atoms with Crippen LogP contribution in [0.2, 0.25) is 0 Å². The van der Waals surface area contributed by atoms with Crippen LogP contribution in [0.1, 0.15) is 56.4 Å². The Morgan fingerprint density at radius 3 is 2.51 bits per heavy atom. The van der Waals surface area contributed by atoms with Crippen molar-refractivity contribution in [3.8, 4) is 0 Å². The predicted molar refractivity (Wildman–Crippen MR) is 167 cm³/mol. The minimum atomic E-state index is -4.58. The molecule has 1 aliphatic heterocycles. The number of hydrogen-bond acceptors (Lipinski definition) is 7. The second-order valence-corrected chi connectivity index (χ2v) is 11.4. The molecule has 0 radical (unpaired) electrons. The van der Waals surface area contributed by atoms with Gasteiger partial charge in [0.2, 0.25) is 0 Å². The van der Waals surface area contributed by atoms with Crippen molar-refractivity contribution >= 4 is 34.3 Å². The summed E-state index contributed by atoms with van der Waals surface area (Å²) >= 11 is 0. The summed E-state index contributed by atoms with van der Waals surface area (Å²) in [5.74, 6) is -1.06. The van der Waals surface area contributed by atoms with Gasteiger partial charge >= 0.3 is 12.1 Å². The van der Waals surface area contributed by atoms with E-state index in [1.165, 1.54) is 12.1 Å². The number of anilines is 2. The van der Waals surface area contributed by atoms with E-state index in [9.17, 15) is 22.8 Å². The lowest BCUT2D eigenvalue weighted by Gasteiger charge is -2.33. The number of ether oxygens (including phenoxy) is 1. The summed E-state index contributed by atoms with van der Waals surface area (Å²) in [4.78, 5) is 36.8. The standard InChI is InChI=1S/C33H37F3N6O3/c1-4-13-45-32(44)29-17-24-14-27(19-38-30(24)40-29)37-18-25-15-26(8-5-21(25)2)39-31(43)22-6-7-23(28(16-22)33(34,35)36)20-42-11-9-41(3)10-12-42/h5-8,14-17,19,37H,4,9-13,18,20H2,1-3H3,(H,38,40)(H,39,43). The van der Waals surface area contributed by atoms with Gasteiger partial charge in [0.15, 0.2) is 0 Å². The molecule has 9 nitrogen and oxygen atoms in total. The number of benzene rings is 2. The first-order chi connectivity index (χ1) is 21.5. The molecule has 0 spiro atoms. The third kappa shape index (κ3) is 8.00. The zero-order valence-corrected chi connectivity index (χ0v) is 25.6. The number of esters is 1. The number of piperazine rings is 1. The summed E-state index contributed by atoms with van der Waals surface area (Å²) < 4.78 is 47.3. The van der Waals surface area contributed by atoms with E-state index in [1.807, 2.05) is 37.9 Å². The van der Waals surface area contributed by atoms with Crippen molar-refractivity contribution in [2.75, 3.05) is 50.5 Å². The molecule has 0 aliphatic carbocycles. The zero-order chi connectivity index (χ0) is 32.1. The van der Waals surface area contributed by atoms with Gasteiger partial charge in [-0.05, 0) is 73.5 Å². The molecule has 3 N–H and O–H groups in total. The highest BCUT2D eigenvalue weighted by Crippen LogP contribution is 2.34. The van der Waals surface area contributed by atoms with E-state index in [0.717, 1.165) is 47.8 Å². The van der Waals surface area contributed by atoms with Gasteiger partial charge < -0.3 is 25.3 Å². The van der Waals surface area contributed by atoms with E-state index in [4.69, 9.17) is 4.74 Å². The second kappa shape index (κ2) is 13.7. The molecule has 2 aromatic carbocycles. The number of rotatable bonds is 10. The molecular formula is C33H37F3N6O3. The Hall–Kier alpha value is -4.42. The fourth-order valence-electron chi connectivity index (χ4n) is 5.20. The van der Waals surface area contributed by atoms with Gasteiger partial charge in [-0.2, -0.15) is 13.2 Å². The predicted octanol–water partition coefficient (Wildman–Crippen LogP) is 6.07. The average molecular weight is 623 g/mol. The van der Waals surface area contributed by atoms with Crippen LogP contribution >= 0.6 is 0 Å². The maximum atomic E-state index is 14.0. The van der Waals surface area contributed by atoms with Crippen LogP contribution in [-0.4, -0.2) is 71.5 Å². The number of likely N-dealkylation sites (N-methyl/N-ethyl adjacent to an activating group) is 1. The third-order valence-electron chi connectivity index (χ3n) is 7.88. The molecule has 0 saturated carbocycles. The molecule has 0 atom stereocenters. The van der Waals surface area contributed by atoms with Crippen LogP contribution < -0.4 is 10.6 Å². The number of aromatic nitrogens is 2. The van der Waals surface area contributed by atoms with Gasteiger partial charge in [-0.15, -0.1) is 0 Å². The molecule has 0 bridgehead atoms. The number of nitrogens with one attached hydrogen (secondary N) is 3. The number of fused-ring (bicyclic) bond motifs is 1. The minimum Gasteiger partial charge on any atom is -0.461 e. The molecule has 1 amide bonds. The number of amides is 1. The van der Waals surface area contributed by atoms with Crippen LogP contribution in [0, 0.1) is 6.92 Å². The van der Waals surface area contributed by atoms with Gasteiger partial charge in [0.1, 0.15) is 11.3 Å². The number of carbonyl (C=O) groups is 2. The minimum absolute atomic E-state index is 0.0615. The SMILES string of the molecule is CCCOC(=O)c1cc2cc(NCc3cc(NC(=O)c4ccc(CN5CCN(C)CC5)c(C(F)(F)F)c4)ccc3C)cnc2[nH]1. The van der Waals surface area contributed by atoms with E-state index in [1.54, 1.807) is 24.4 Å². The maximum Gasteiger partial charge on any atom is 0.416 e. The van der Waals surface area contributed by atoms with Crippen LogP contribution in [0.25, 0.3) is 11.0 Å². The highest BCUT2D eigenvalue weighted by atomic mass is 19.4. The normalized spacial score (nSPS) is 14.4. The molecule has 5 rings (SSSR count). The fraction of sp³-hybridized carbons (Fsp3) is 0.364. The summed E-state index contributed by atoms with van der Waals surface area (Å²) in [7, 11) is 1.99. The number of aromatic amines is 1. The molecule has 1 aliphatic rings. The van der Waals surface area contributed by atoms with Gasteiger partial charge in [0.25, 0.3) is 5.91 Å². The Labute approximate surface area is 259 Å². The van der Waals surface area contributed by atoms with Gasteiger partial charge in [-0.3, -0.25) is 9.69 Å². The second-order valence-electron chi connectivity index (χ2n) is 11.4. The monoisotopic (exact) mass is 622 g/mol. The van der Waals surface area contributed by atoms with Gasteiger partial charge in [0.05, 0.1) is 24.1 Å². The molecule has 238 valence electrons. The van der Waals surface area contributed by atoms with Crippen LogP contribution in [0.3, 0.4) is 0 Å². The van der Waals surface area contributed by atoms with Crippen LogP contribution in [0.15, 0.2) is 54.7 Å². The topological polar surface area (TPSA) is 103 Å². The molecule has 45 heavy (non-hydrogen) atoms. The van der Waals surface area contributed by atoms with Gasteiger partial charge in [0, 0.05) is 55.9 Å². The average Bonchev–Trinajstić information content (AvgIpc) is 3.44. The Bertz CT molecular complexity index is 1680. The van der Waals surface area contributed by atoms with E-state index < -0.39 is 23.6 Å². The summed E-state index contributed by atoms with van der Waals surface area (Å²) in [6, 6.07) is 12.7. The summed E-state index contributed by atoms with van der Waals surface area (Å²) in [6.45, 7) is 7.74. The molecule has 3 heterocycles. The third-order valence-corrected chi connectivity index (χ3v) is 7.88. The molecule has 12 heteroatoms. The van der Waals surface area contributed by atoms with E-state index >= 15 is 0 Å². The molecule has 4 aromatic rings. The lowest BCUT2D eigenvalue weighted by Crippen LogP contribution is -2.44. The quantitative estimate of drug-likeness (QED) is 0.185. The van der Waals surface area contributed by atoms with Crippen molar-refractivity contribution in [1.29, 1.82) is 0 Å². The highest BCUT2D eigenvalue weighted by Gasteiger charge is 2.34. The Balaban J connectivity index is 1.26. The molecule has 0 unspecified atom stereocenters. The molecule has 1 saturated heterocycles. The smallest absolute Gasteiger partial charge is 0.416 e. The first-order valence-corrected chi connectivity index (χ1v) is 14.9. The van der Waals surface area contributed by atoms with Gasteiger partial charge in [-0.25, -0.2) is 9.78 Å². The largest absolute Gasteiger partial charge is 0.461 e. The molecule has 2 aromatic heterocycles. The summed E-state index contributed by atoms with van der Waals surface area (Å²) in [6.07, 6.45) is -2.21. The number of carbonyl (C=O) groups excluding carboxylic acids is 2. The number of nitrogens with zero attached hydrogens (tertiary/aromatic N) is 3. The Morgan fingerprint density at radius 2 is 1.78 bits per heavy atom. The van der Waals surface area contributed by atoms with Crippen molar-refractivity contribution in [2.24, 2.45) is 0 Å². The van der Waals surface area contributed by atoms with Crippen LogP contribution in [0.5, 0.6) is 0 Å². The lowest BCUT2D eigenvalue weighted by atomic mass is 10.0. The summed E-state index contributed by atoms with van der Waals surface area (Å²) in [5, 5.41) is 6.80. The number of pyridine rings is 1. The maximum absolute atomic E-state index is 14.0. The number of halogens is 3. The molecular weight excluding hydrogens is 585 g/mol. The number of alkyl halides is 3. The number of aryl methyl sites for hydroxylation is 1. The number of hydrogen-bond donors (Lipinski definition) is 3. The number of H-pyrrole nitrogens is 1. The fourth-order valence-corrected chi connectivity index (χ4v) is 5.20. The van der Waals surface area contributed by atoms with Crippen molar-refractivity contribution in [3.05, 3.63) is 88.2 Å². The van der Waals surface area contributed by atoms with Crippen molar-refractivity contribution in [1.82, 2.24) is 19.8 Å². The first-order valence-electron chi connectivity index (χ1n) is 14.9. The van der Waals surface area contributed by atoms with Crippen LogP contribution in [-0.2, 0) is 24.0 Å². The van der Waals surface area contributed by atoms with E-state index in [-0.39, 0.29) is 17.7 Å². The summed E-state index contributed by atoms with van der Waals surface area (Å²) in [5.41, 5.74) is 3.23. The molecule has 1 fully saturated rings. The first kappa shape index (κ1) is 32.0. The van der Waals surface area contributed by atoms with Crippen molar-refractivity contribution in [3.63, 3.8) is 0 Å². The lowest BCUT2D eigenvalue weighted by molar-refractivity contribution is -0.138.